The summed E-state index contributed by atoms with van der Waals surface area (Å²) in [5, 5.41) is 3.95. The number of aryl methyl sites for hydroxylation is 1. The molecular formula is C13H22N2O. The van der Waals surface area contributed by atoms with E-state index in [9.17, 15) is 0 Å². The van der Waals surface area contributed by atoms with Gasteiger partial charge in [0.15, 0.2) is 5.76 Å². The Morgan fingerprint density at radius 3 is 2.56 bits per heavy atom. The third-order valence-electron chi connectivity index (χ3n) is 3.52. The number of rotatable bonds is 5. The van der Waals surface area contributed by atoms with Gasteiger partial charge in [-0.15, -0.1) is 0 Å². The second kappa shape index (κ2) is 4.58. The van der Waals surface area contributed by atoms with Crippen LogP contribution in [0.25, 0.3) is 0 Å². The molecule has 3 heteroatoms. The molecule has 1 heterocycles. The maximum Gasteiger partial charge on any atom is 0.150 e. The Morgan fingerprint density at radius 2 is 2.12 bits per heavy atom. The monoisotopic (exact) mass is 222 g/mol. The molecule has 0 N–H and O–H groups in total. The zero-order valence-corrected chi connectivity index (χ0v) is 10.7. The van der Waals surface area contributed by atoms with Crippen molar-refractivity contribution in [3.8, 4) is 0 Å². The van der Waals surface area contributed by atoms with Gasteiger partial charge < -0.3 is 4.52 Å². The first kappa shape index (κ1) is 11.6. The number of hydrogen-bond donors (Lipinski definition) is 0. The van der Waals surface area contributed by atoms with Gasteiger partial charge in [-0.3, -0.25) is 4.90 Å². The van der Waals surface area contributed by atoms with Crippen LogP contribution in [0, 0.1) is 12.8 Å². The molecular weight excluding hydrogens is 200 g/mol. The molecule has 1 atom stereocenters. The molecule has 1 fully saturated rings. The highest BCUT2D eigenvalue weighted by Gasteiger charge is 2.33. The Balaban J connectivity index is 2.02. The fraction of sp³-hybridized carbons (Fsp3) is 0.769. The number of nitrogens with zero attached hydrogens (tertiary/aromatic N) is 2. The molecule has 0 saturated heterocycles. The summed E-state index contributed by atoms with van der Waals surface area (Å²) in [6.45, 7) is 9.76. The normalized spacial score (nSPS) is 18.4. The van der Waals surface area contributed by atoms with Crippen LogP contribution >= 0.6 is 0 Å². The number of hydrogen-bond acceptors (Lipinski definition) is 3. The zero-order valence-electron chi connectivity index (χ0n) is 10.7. The van der Waals surface area contributed by atoms with Gasteiger partial charge in [-0.05, 0) is 32.6 Å². The van der Waals surface area contributed by atoms with Gasteiger partial charge in [0.25, 0.3) is 0 Å². The van der Waals surface area contributed by atoms with Crippen LogP contribution < -0.4 is 0 Å². The van der Waals surface area contributed by atoms with Gasteiger partial charge in [0, 0.05) is 18.2 Å². The third kappa shape index (κ3) is 2.64. The summed E-state index contributed by atoms with van der Waals surface area (Å²) in [6, 6.07) is 3.42. The molecule has 0 aromatic carbocycles. The summed E-state index contributed by atoms with van der Waals surface area (Å²) in [4.78, 5) is 2.56. The zero-order chi connectivity index (χ0) is 11.7. The maximum absolute atomic E-state index is 5.31. The molecule has 1 unspecified atom stereocenters. The Kier molecular flexibility index (Phi) is 3.33. The lowest BCUT2D eigenvalue weighted by atomic mass is 10.0. The van der Waals surface area contributed by atoms with E-state index in [1.54, 1.807) is 0 Å². The molecule has 0 spiro atoms. The van der Waals surface area contributed by atoms with E-state index < -0.39 is 0 Å². The Hall–Kier alpha value is -0.830. The van der Waals surface area contributed by atoms with Gasteiger partial charge >= 0.3 is 0 Å². The van der Waals surface area contributed by atoms with Gasteiger partial charge in [0.1, 0.15) is 0 Å². The number of aromatic nitrogens is 1. The summed E-state index contributed by atoms with van der Waals surface area (Å²) in [6.07, 6.45) is 2.67. The van der Waals surface area contributed by atoms with Crippen LogP contribution in [0.4, 0.5) is 0 Å². The van der Waals surface area contributed by atoms with Crippen molar-refractivity contribution in [2.75, 3.05) is 0 Å². The Morgan fingerprint density at radius 1 is 1.44 bits per heavy atom. The molecule has 1 aliphatic rings. The van der Waals surface area contributed by atoms with E-state index in [-0.39, 0.29) is 0 Å². The van der Waals surface area contributed by atoms with Crippen LogP contribution in [0.1, 0.15) is 45.1 Å². The van der Waals surface area contributed by atoms with Crippen molar-refractivity contribution < 1.29 is 4.52 Å². The lowest BCUT2D eigenvalue weighted by Crippen LogP contribution is -2.37. The van der Waals surface area contributed by atoms with Gasteiger partial charge in [-0.25, -0.2) is 0 Å². The quantitative estimate of drug-likeness (QED) is 0.767. The summed E-state index contributed by atoms with van der Waals surface area (Å²) in [5.74, 6) is 1.68. The van der Waals surface area contributed by atoms with E-state index >= 15 is 0 Å². The van der Waals surface area contributed by atoms with Crippen LogP contribution in [-0.4, -0.2) is 22.1 Å². The van der Waals surface area contributed by atoms with Crippen LogP contribution in [0.5, 0.6) is 0 Å². The first-order valence-electron chi connectivity index (χ1n) is 6.26. The van der Waals surface area contributed by atoms with Crippen LogP contribution in [-0.2, 0) is 6.54 Å². The van der Waals surface area contributed by atoms with E-state index in [0.29, 0.717) is 12.0 Å². The molecule has 0 aliphatic heterocycles. The van der Waals surface area contributed by atoms with Gasteiger partial charge in [-0.2, -0.15) is 0 Å². The topological polar surface area (TPSA) is 29.3 Å². The largest absolute Gasteiger partial charge is 0.360 e. The van der Waals surface area contributed by atoms with Crippen molar-refractivity contribution >= 4 is 0 Å². The first-order chi connectivity index (χ1) is 7.58. The summed E-state index contributed by atoms with van der Waals surface area (Å²) in [7, 11) is 0. The van der Waals surface area contributed by atoms with Crippen molar-refractivity contribution in [2.24, 2.45) is 5.92 Å². The van der Waals surface area contributed by atoms with Crippen molar-refractivity contribution in [2.45, 2.75) is 59.2 Å². The molecule has 1 aromatic heterocycles. The lowest BCUT2D eigenvalue weighted by molar-refractivity contribution is 0.135. The van der Waals surface area contributed by atoms with Gasteiger partial charge in [0.05, 0.1) is 12.2 Å². The van der Waals surface area contributed by atoms with Crippen molar-refractivity contribution in [3.63, 3.8) is 0 Å². The van der Waals surface area contributed by atoms with Crippen LogP contribution in [0.3, 0.4) is 0 Å². The van der Waals surface area contributed by atoms with E-state index in [4.69, 9.17) is 4.52 Å². The second-order valence-corrected chi connectivity index (χ2v) is 5.32. The van der Waals surface area contributed by atoms with E-state index in [2.05, 4.69) is 30.8 Å². The third-order valence-corrected chi connectivity index (χ3v) is 3.52. The van der Waals surface area contributed by atoms with Gasteiger partial charge in [0.2, 0.25) is 0 Å². The highest BCUT2D eigenvalue weighted by Crippen LogP contribution is 2.32. The van der Waals surface area contributed by atoms with E-state index in [1.807, 2.05) is 13.0 Å². The fourth-order valence-corrected chi connectivity index (χ4v) is 2.07. The smallest absolute Gasteiger partial charge is 0.150 e. The molecule has 2 rings (SSSR count). The molecule has 3 nitrogen and oxygen atoms in total. The lowest BCUT2D eigenvalue weighted by Gasteiger charge is -2.30. The predicted molar refractivity (Wildman–Crippen MR) is 64.1 cm³/mol. The summed E-state index contributed by atoms with van der Waals surface area (Å²) in [5.41, 5.74) is 0.975. The fourth-order valence-electron chi connectivity index (χ4n) is 2.07. The first-order valence-corrected chi connectivity index (χ1v) is 6.26. The predicted octanol–water partition coefficient (Wildman–Crippen LogP) is 2.99. The highest BCUT2D eigenvalue weighted by molar-refractivity contribution is 5.04. The van der Waals surface area contributed by atoms with Crippen molar-refractivity contribution in [3.05, 3.63) is 17.5 Å². The van der Waals surface area contributed by atoms with E-state index in [0.717, 1.165) is 24.0 Å². The molecule has 0 amide bonds. The molecule has 1 aliphatic carbocycles. The molecule has 16 heavy (non-hydrogen) atoms. The van der Waals surface area contributed by atoms with Gasteiger partial charge in [-0.1, -0.05) is 19.0 Å². The molecule has 1 aromatic rings. The second-order valence-electron chi connectivity index (χ2n) is 5.32. The molecule has 0 bridgehead atoms. The average Bonchev–Trinajstić information content (AvgIpc) is 2.98. The molecule has 90 valence electrons. The Bertz CT molecular complexity index is 341. The Labute approximate surface area is 97.8 Å². The average molecular weight is 222 g/mol. The van der Waals surface area contributed by atoms with Crippen LogP contribution in [0.2, 0.25) is 0 Å². The standard InChI is InChI=1S/C13H22N2O/c1-9(2)11(4)15(12-5-6-12)8-13-7-10(3)14-16-13/h7,9,11-12H,5-6,8H2,1-4H3. The summed E-state index contributed by atoms with van der Waals surface area (Å²) < 4.78 is 5.31. The summed E-state index contributed by atoms with van der Waals surface area (Å²) >= 11 is 0. The minimum absolute atomic E-state index is 0.609. The molecule has 0 radical (unpaired) electrons. The molecule has 1 saturated carbocycles. The minimum atomic E-state index is 0.609. The maximum atomic E-state index is 5.31. The minimum Gasteiger partial charge on any atom is -0.360 e. The van der Waals surface area contributed by atoms with Crippen molar-refractivity contribution in [1.82, 2.24) is 10.1 Å². The van der Waals surface area contributed by atoms with Crippen molar-refractivity contribution in [1.29, 1.82) is 0 Å². The van der Waals surface area contributed by atoms with Crippen LogP contribution in [0.15, 0.2) is 10.6 Å². The SMILES string of the molecule is Cc1cc(CN(C2CC2)C(C)C(C)C)on1. The highest BCUT2D eigenvalue weighted by atomic mass is 16.5. The van der Waals surface area contributed by atoms with E-state index in [1.165, 1.54) is 12.8 Å².